The van der Waals surface area contributed by atoms with E-state index in [1.54, 1.807) is 0 Å². The van der Waals surface area contributed by atoms with E-state index in [0.29, 0.717) is 0 Å². The first-order valence-corrected chi connectivity index (χ1v) is 2.10. The molecule has 0 bridgehead atoms. The zero-order chi connectivity index (χ0) is 4.50. The third-order valence-electron chi connectivity index (χ3n) is 0. The van der Waals surface area contributed by atoms with Crippen LogP contribution in [0.3, 0.4) is 0 Å². The fourth-order valence-electron chi connectivity index (χ4n) is 0. The Morgan fingerprint density at radius 2 is 1.14 bits per heavy atom. The van der Waals surface area contributed by atoms with Gasteiger partial charge in [0.2, 0.25) is 0 Å². The Balaban J connectivity index is -0.0000000800. The smallest absolute Gasteiger partial charge is 0.264 e. The molecule has 0 heterocycles. The minimum atomic E-state index is -4.67. The van der Waals surface area contributed by atoms with Crippen molar-refractivity contribution in [3.63, 3.8) is 0 Å². The molecule has 0 amide bonds. The molecule has 0 aliphatic carbocycles. The molecule has 0 aliphatic rings. The van der Waals surface area contributed by atoms with Crippen LogP contribution in [0.2, 0.25) is 0 Å². The molecule has 0 aliphatic heterocycles. The van der Waals surface area contributed by atoms with Gasteiger partial charge in [-0.25, -0.2) is 0 Å². The molecule has 0 rings (SSSR count). The minimum Gasteiger partial charge on any atom is -0.264 e. The second-order valence-electron chi connectivity index (χ2n) is 0.448. The van der Waals surface area contributed by atoms with Crippen LogP contribution in [0.25, 0.3) is 0 Å². The van der Waals surface area contributed by atoms with Gasteiger partial charge in [-0.1, -0.05) is 0 Å². The first kappa shape index (κ1) is 15.8. The Morgan fingerprint density at radius 3 is 1.14 bits per heavy atom. The first-order valence-electron chi connectivity index (χ1n) is 0.698. The van der Waals surface area contributed by atoms with E-state index in [9.17, 15) is 0 Å². The van der Waals surface area contributed by atoms with Crippen molar-refractivity contribution in [3.05, 3.63) is 0 Å². The molecule has 0 saturated carbocycles. The van der Waals surface area contributed by atoms with Gasteiger partial charge < -0.3 is 0 Å². The topological polar surface area (TPSA) is 74.6 Å². The average molecular weight is 176 g/mol. The Labute approximate surface area is 77.3 Å². The van der Waals surface area contributed by atoms with Crippen LogP contribution in [0.4, 0.5) is 0 Å². The number of halogens is 1. The van der Waals surface area contributed by atoms with Crippen molar-refractivity contribution in [3.8, 4) is 0 Å². The molecule has 0 spiro atoms. The van der Waals surface area contributed by atoms with Gasteiger partial charge in [0.15, 0.2) is 0 Å². The summed E-state index contributed by atoms with van der Waals surface area (Å²) in [6.07, 6.45) is 0. The molecule has 0 fully saturated rings. The Morgan fingerprint density at radius 1 is 1.14 bits per heavy atom. The normalized spacial score (nSPS) is 8.29. The standard InChI is InChI=1S/Ca.ClH2.H2O4S/c;;1-5(2,3)4/h;1H2;(H2,1,2,3,4)/q+2;+1;. The van der Waals surface area contributed by atoms with Gasteiger partial charge >= 0.3 is 48.1 Å². The summed E-state index contributed by atoms with van der Waals surface area (Å²) in [6.45, 7) is 0. The van der Waals surface area contributed by atoms with E-state index < -0.39 is 10.4 Å². The number of hydrogen-bond acceptors (Lipinski definition) is 2. The van der Waals surface area contributed by atoms with Gasteiger partial charge in [0, 0.05) is 0 Å². The van der Waals surface area contributed by atoms with E-state index in [4.69, 9.17) is 17.5 Å². The molecule has 7 heteroatoms. The largest absolute Gasteiger partial charge is 2.00 e. The molecule has 0 radical (unpaired) electrons. The van der Waals surface area contributed by atoms with Gasteiger partial charge in [-0.3, -0.25) is 9.11 Å². The molecule has 0 saturated heterocycles. The second kappa shape index (κ2) is 5.55. The Bertz CT molecular complexity index is 94.9. The predicted octanol–water partition coefficient (Wildman–Crippen LogP) is -1.57. The van der Waals surface area contributed by atoms with Crippen molar-refractivity contribution in [2.24, 2.45) is 0 Å². The van der Waals surface area contributed by atoms with Crippen LogP contribution in [0, 0.1) is 12.4 Å². The van der Waals surface area contributed by atoms with Crippen molar-refractivity contribution in [1.29, 1.82) is 0 Å². The molecule has 40 valence electrons. The fraction of sp³-hybridized carbons (Fsp3) is 0. The first-order chi connectivity index (χ1) is 2.00. The summed E-state index contributed by atoms with van der Waals surface area (Å²) in [6, 6.07) is 0. The Kier molecular flexibility index (Phi) is 12.5. The van der Waals surface area contributed by atoms with E-state index in [0.717, 1.165) is 0 Å². The minimum absolute atomic E-state index is 0. The van der Waals surface area contributed by atoms with Gasteiger partial charge in [-0.05, 0) is 0 Å². The number of rotatable bonds is 0. The van der Waals surface area contributed by atoms with Crippen LogP contribution >= 0.6 is 0 Å². The molecule has 0 aromatic rings. The molecule has 0 aromatic heterocycles. The van der Waals surface area contributed by atoms with Crippen LogP contribution in [0.15, 0.2) is 0 Å². The molecule has 7 heavy (non-hydrogen) atoms. The summed E-state index contributed by atoms with van der Waals surface area (Å²) in [5, 5.41) is 0. The van der Waals surface area contributed by atoms with Gasteiger partial charge in [-0.2, -0.15) is 8.42 Å². The zero-order valence-electron chi connectivity index (χ0n) is 3.27. The van der Waals surface area contributed by atoms with E-state index in [1.165, 1.54) is 0 Å². The van der Waals surface area contributed by atoms with E-state index >= 15 is 0 Å². The molecule has 0 atom stereocenters. The van der Waals surface area contributed by atoms with E-state index in [2.05, 4.69) is 0 Å². The van der Waals surface area contributed by atoms with Crippen LogP contribution in [-0.4, -0.2) is 55.3 Å². The summed E-state index contributed by atoms with van der Waals surface area (Å²) < 4.78 is 31.6. The number of hydrogen-bond donors (Lipinski definition) is 2. The second-order valence-corrected chi connectivity index (χ2v) is 1.34. The average Bonchev–Trinajstić information content (AvgIpc) is 0.722. The third-order valence-corrected chi connectivity index (χ3v) is 0. The van der Waals surface area contributed by atoms with E-state index in [-0.39, 0.29) is 50.1 Å². The third kappa shape index (κ3) is 108. The maximum Gasteiger partial charge on any atom is 2.00 e. The maximum absolute atomic E-state index is 8.74. The summed E-state index contributed by atoms with van der Waals surface area (Å²) in [5.74, 6) is 0. The van der Waals surface area contributed by atoms with Gasteiger partial charge in [0.1, 0.15) is 0 Å². The molecule has 0 aromatic carbocycles. The zero-order valence-corrected chi connectivity index (χ0v) is 7.19. The van der Waals surface area contributed by atoms with Crippen molar-refractivity contribution < 1.29 is 29.9 Å². The van der Waals surface area contributed by atoms with Gasteiger partial charge in [-0.15, -0.1) is 0 Å². The Hall–Kier alpha value is 1.42. The summed E-state index contributed by atoms with van der Waals surface area (Å²) in [5.41, 5.74) is 0. The van der Waals surface area contributed by atoms with Crippen molar-refractivity contribution >= 4 is 48.1 Å². The van der Waals surface area contributed by atoms with Crippen LogP contribution in [0.5, 0.6) is 0 Å². The summed E-state index contributed by atoms with van der Waals surface area (Å²) in [7, 11) is -4.67. The maximum atomic E-state index is 8.74. The molecule has 4 nitrogen and oxygen atoms in total. The van der Waals surface area contributed by atoms with Crippen LogP contribution in [0.1, 0.15) is 0 Å². The van der Waals surface area contributed by atoms with Gasteiger partial charge in [0.25, 0.3) is 0 Å². The van der Waals surface area contributed by atoms with Gasteiger partial charge in [0.05, 0.1) is 12.4 Å². The molecule has 2 N–H and O–H groups in total. The van der Waals surface area contributed by atoms with Crippen molar-refractivity contribution in [1.82, 2.24) is 0 Å². The molecule has 0 unspecified atom stereocenters. The summed E-state index contributed by atoms with van der Waals surface area (Å²) >= 11 is 0. The van der Waals surface area contributed by atoms with Crippen LogP contribution in [-0.2, 0) is 10.4 Å². The monoisotopic (exact) mass is 175 g/mol. The van der Waals surface area contributed by atoms with E-state index in [1.807, 2.05) is 0 Å². The molecular formula is H4CaClO4S+3. The fourth-order valence-corrected chi connectivity index (χ4v) is 0. The van der Waals surface area contributed by atoms with Crippen LogP contribution < -0.4 is 0 Å². The predicted molar refractivity (Wildman–Crippen MR) is 22.7 cm³/mol. The van der Waals surface area contributed by atoms with Crippen molar-refractivity contribution in [2.45, 2.75) is 0 Å². The van der Waals surface area contributed by atoms with Crippen molar-refractivity contribution in [2.75, 3.05) is 0 Å². The summed E-state index contributed by atoms with van der Waals surface area (Å²) in [4.78, 5) is 0. The molecular weight excluding hydrogens is 172 g/mol. The SMILES string of the molecule is O=S(=O)(O)O.[Ca+2].[ClH2+]. The quantitative estimate of drug-likeness (QED) is 0.345.